The predicted molar refractivity (Wildman–Crippen MR) is 240 cm³/mol. The van der Waals surface area contributed by atoms with Gasteiger partial charge in [-0.25, -0.2) is 9.97 Å². The van der Waals surface area contributed by atoms with Crippen LogP contribution in [0.25, 0.3) is 65.2 Å². The van der Waals surface area contributed by atoms with Crippen LogP contribution < -0.4 is 20.7 Å². The molecule has 8 aromatic carbocycles. The molecule has 0 saturated heterocycles. The molecule has 0 bridgehead atoms. The average Bonchev–Trinajstić information content (AvgIpc) is 4.02. The second-order valence-electron chi connectivity index (χ2n) is 15.0. The monoisotopic (exact) mass is 762 g/mol. The van der Waals surface area contributed by atoms with Crippen LogP contribution in [0.2, 0.25) is 0 Å². The molecule has 268 valence electrons. The third kappa shape index (κ3) is 4.91. The van der Waals surface area contributed by atoms with Crippen molar-refractivity contribution in [2.75, 3.05) is 0 Å². The van der Waals surface area contributed by atoms with E-state index in [2.05, 4.69) is 203 Å². The van der Waals surface area contributed by atoms with Gasteiger partial charge in [0.1, 0.15) is 5.82 Å². The highest BCUT2D eigenvalue weighted by Crippen LogP contribution is 2.35. The Hall–Kier alpha value is -6.86. The van der Waals surface area contributed by atoms with E-state index < -0.39 is 8.07 Å². The molecule has 4 nitrogen and oxygen atoms in total. The van der Waals surface area contributed by atoms with Crippen LogP contribution in [0.1, 0.15) is 11.4 Å². The minimum absolute atomic E-state index is 0.864. The van der Waals surface area contributed by atoms with Gasteiger partial charge in [0.05, 0.1) is 38.0 Å². The summed E-state index contributed by atoms with van der Waals surface area (Å²) in [6.07, 6.45) is 0.864. The van der Waals surface area contributed by atoms with Crippen molar-refractivity contribution in [3.05, 3.63) is 206 Å². The Morgan fingerprint density at radius 3 is 1.70 bits per heavy atom. The van der Waals surface area contributed by atoms with Crippen LogP contribution in [0.15, 0.2) is 194 Å². The number of nitrogens with zero attached hydrogens (tertiary/aromatic N) is 4. The number of benzene rings is 8. The van der Waals surface area contributed by atoms with E-state index in [0.29, 0.717) is 0 Å². The lowest BCUT2D eigenvalue weighted by Gasteiger charge is -2.35. The molecule has 0 atom stereocenters. The maximum Gasteiger partial charge on any atom is 0.195 e. The fraction of sp³-hybridized carbons (Fsp3) is 0.0196. The number of rotatable bonds is 6. The number of hydrogen-bond donors (Lipinski definition) is 0. The highest BCUT2D eigenvalue weighted by molar-refractivity contribution is 7.23. The van der Waals surface area contributed by atoms with Crippen LogP contribution >= 0.6 is 11.3 Å². The molecule has 1 aliphatic heterocycles. The van der Waals surface area contributed by atoms with Crippen LogP contribution in [0.4, 0.5) is 0 Å². The molecule has 57 heavy (non-hydrogen) atoms. The van der Waals surface area contributed by atoms with E-state index in [9.17, 15) is 0 Å². The van der Waals surface area contributed by atoms with Gasteiger partial charge in [-0.05, 0) is 91.0 Å². The lowest BCUT2D eigenvalue weighted by atomic mass is 10.0. The summed E-state index contributed by atoms with van der Waals surface area (Å²) < 4.78 is 5.91. The molecule has 0 spiro atoms. The first-order chi connectivity index (χ1) is 28.2. The quantitative estimate of drug-likeness (QED) is 0.125. The van der Waals surface area contributed by atoms with Crippen molar-refractivity contribution >= 4 is 77.4 Å². The molecule has 6 heteroatoms. The molecular formula is C51H34N4SSi. The maximum atomic E-state index is 5.06. The van der Waals surface area contributed by atoms with Gasteiger partial charge >= 0.3 is 0 Å². The zero-order valence-corrected chi connectivity index (χ0v) is 32.7. The summed E-state index contributed by atoms with van der Waals surface area (Å²) in [4.78, 5) is 11.1. The Bertz CT molecular complexity index is 3300. The topological polar surface area (TPSA) is 35.1 Å². The number of para-hydroxylation sites is 2. The van der Waals surface area contributed by atoms with Crippen molar-refractivity contribution in [3.63, 3.8) is 0 Å². The molecule has 0 aliphatic carbocycles. The van der Waals surface area contributed by atoms with Gasteiger partial charge in [-0.1, -0.05) is 163 Å². The Kier molecular flexibility index (Phi) is 7.15. The second kappa shape index (κ2) is 12.6. The zero-order chi connectivity index (χ0) is 37.5. The smallest absolute Gasteiger partial charge is 0.195 e. The van der Waals surface area contributed by atoms with Crippen LogP contribution in [0, 0.1) is 0 Å². The second-order valence-corrected chi connectivity index (χ2v) is 19.8. The SMILES string of the molecule is c1ccc([Si](c2ccccc2)(c2cccc(-c3ccc4nc5n(c4c3)-c3ccccc3C5)c2)c2cccc(-c3ccc4nc5sc6ccccc6n5c4c3)c2)cc1. The molecule has 0 fully saturated rings. The summed E-state index contributed by atoms with van der Waals surface area (Å²) in [5.41, 5.74) is 12.9. The first kappa shape index (κ1) is 32.4. The van der Waals surface area contributed by atoms with Crippen molar-refractivity contribution in [1.29, 1.82) is 0 Å². The van der Waals surface area contributed by atoms with Gasteiger partial charge in [0.2, 0.25) is 0 Å². The normalized spacial score (nSPS) is 12.5. The van der Waals surface area contributed by atoms with Gasteiger partial charge in [-0.3, -0.25) is 8.97 Å². The molecule has 3 aromatic heterocycles. The van der Waals surface area contributed by atoms with E-state index in [1.54, 1.807) is 11.3 Å². The summed E-state index contributed by atoms with van der Waals surface area (Å²) in [6, 6.07) is 71.9. The first-order valence-corrected chi connectivity index (χ1v) is 22.3. The van der Waals surface area contributed by atoms with Crippen molar-refractivity contribution < 1.29 is 0 Å². The molecule has 0 N–H and O–H groups in total. The van der Waals surface area contributed by atoms with E-state index in [4.69, 9.17) is 9.97 Å². The van der Waals surface area contributed by atoms with Crippen LogP contribution in [0.3, 0.4) is 0 Å². The maximum absolute atomic E-state index is 5.06. The Balaban J connectivity index is 1.06. The van der Waals surface area contributed by atoms with Crippen molar-refractivity contribution in [3.8, 4) is 27.9 Å². The van der Waals surface area contributed by atoms with E-state index >= 15 is 0 Å². The highest BCUT2D eigenvalue weighted by atomic mass is 32.1. The summed E-state index contributed by atoms with van der Waals surface area (Å²) in [5, 5.41) is 5.39. The molecule has 0 unspecified atom stereocenters. The van der Waals surface area contributed by atoms with E-state index in [1.807, 2.05) is 0 Å². The van der Waals surface area contributed by atoms with Gasteiger partial charge in [0.25, 0.3) is 0 Å². The third-order valence-corrected chi connectivity index (χ3v) is 17.7. The molecule has 11 aromatic rings. The predicted octanol–water partition coefficient (Wildman–Crippen LogP) is 9.66. The van der Waals surface area contributed by atoms with Crippen LogP contribution in [0.5, 0.6) is 0 Å². The van der Waals surface area contributed by atoms with Crippen molar-refractivity contribution in [2.24, 2.45) is 0 Å². The van der Waals surface area contributed by atoms with Gasteiger partial charge in [0.15, 0.2) is 13.0 Å². The first-order valence-electron chi connectivity index (χ1n) is 19.4. The number of imidazole rings is 2. The summed E-state index contributed by atoms with van der Waals surface area (Å²) in [5.74, 6) is 1.11. The average molecular weight is 763 g/mol. The minimum atomic E-state index is -2.88. The third-order valence-electron chi connectivity index (χ3n) is 11.9. The Labute approximate surface area is 334 Å². The summed E-state index contributed by atoms with van der Waals surface area (Å²) in [6.45, 7) is 0. The summed E-state index contributed by atoms with van der Waals surface area (Å²) in [7, 11) is -2.88. The van der Waals surface area contributed by atoms with Gasteiger partial charge in [0, 0.05) is 6.42 Å². The molecular weight excluding hydrogens is 729 g/mol. The molecule has 12 rings (SSSR count). The van der Waals surface area contributed by atoms with Gasteiger partial charge in [-0.2, -0.15) is 0 Å². The summed E-state index contributed by atoms with van der Waals surface area (Å²) >= 11 is 1.74. The van der Waals surface area contributed by atoms with E-state index in [0.717, 1.165) is 39.3 Å². The lowest BCUT2D eigenvalue weighted by molar-refractivity contribution is 1.02. The van der Waals surface area contributed by atoms with Gasteiger partial charge in [-0.15, -0.1) is 0 Å². The Morgan fingerprint density at radius 1 is 0.439 bits per heavy atom. The fourth-order valence-corrected chi connectivity index (χ4v) is 15.2. The lowest BCUT2D eigenvalue weighted by Crippen LogP contribution is -2.74. The molecule has 0 radical (unpaired) electrons. The van der Waals surface area contributed by atoms with Crippen molar-refractivity contribution in [2.45, 2.75) is 6.42 Å². The van der Waals surface area contributed by atoms with Crippen LogP contribution in [-0.4, -0.2) is 27.0 Å². The van der Waals surface area contributed by atoms with E-state index in [-0.39, 0.29) is 0 Å². The van der Waals surface area contributed by atoms with Crippen molar-refractivity contribution in [1.82, 2.24) is 18.9 Å². The molecule has 0 amide bonds. The van der Waals surface area contributed by atoms with Crippen LogP contribution in [-0.2, 0) is 6.42 Å². The fourth-order valence-electron chi connectivity index (χ4n) is 9.34. The number of fused-ring (bicyclic) bond motifs is 10. The van der Waals surface area contributed by atoms with E-state index in [1.165, 1.54) is 64.5 Å². The number of hydrogen-bond acceptors (Lipinski definition) is 3. The molecule has 1 aliphatic rings. The Morgan fingerprint density at radius 2 is 1.00 bits per heavy atom. The minimum Gasteiger partial charge on any atom is -0.296 e. The molecule has 0 saturated carbocycles. The molecule has 4 heterocycles. The number of thiazole rings is 1. The zero-order valence-electron chi connectivity index (χ0n) is 30.9. The number of aromatic nitrogens is 4. The largest absolute Gasteiger partial charge is 0.296 e. The standard InChI is InChI=1S/C51H34N4SSi/c1-3-16-39(17-4-1)57(40-18-5-2-6-19-40,41-20-11-14-34(29-41)36-25-27-43-47(31-36)54-45-22-8-7-13-38(45)33-50(54)52-43)42-21-12-15-35(30-42)37-26-28-44-48(32-37)55-46-23-9-10-24-49(46)56-51(55)53-44/h1-32H,33H2. The highest BCUT2D eigenvalue weighted by Gasteiger charge is 2.41. The van der Waals surface area contributed by atoms with Gasteiger partial charge < -0.3 is 0 Å².